The molecule has 0 radical (unpaired) electrons. The number of hydrogen-bond donors (Lipinski definition) is 1. The highest BCUT2D eigenvalue weighted by Gasteiger charge is 2.28. The van der Waals surface area contributed by atoms with Crippen LogP contribution in [0.4, 0.5) is 0 Å². The monoisotopic (exact) mass is 394 g/mol. The van der Waals surface area contributed by atoms with Gasteiger partial charge >= 0.3 is 5.97 Å². The number of carbonyl (C=O) groups is 2. The molecule has 1 aliphatic heterocycles. The third-order valence-corrected chi connectivity index (χ3v) is 5.53. The van der Waals surface area contributed by atoms with E-state index < -0.39 is 5.97 Å². The molecule has 0 unspecified atom stereocenters. The van der Waals surface area contributed by atoms with Crippen LogP contribution in [-0.4, -0.2) is 46.4 Å². The van der Waals surface area contributed by atoms with Crippen LogP contribution in [-0.2, 0) is 22.7 Å². The third-order valence-electron chi connectivity index (χ3n) is 5.53. The van der Waals surface area contributed by atoms with Crippen LogP contribution in [0.5, 0.6) is 0 Å². The fourth-order valence-corrected chi connectivity index (χ4v) is 3.93. The van der Waals surface area contributed by atoms with Gasteiger partial charge in [0.05, 0.1) is 0 Å². The molecular formula is C24H30N2O3. The Balaban J connectivity index is 1.56. The molecule has 5 nitrogen and oxygen atoms in total. The number of carboxylic acids is 1. The largest absolute Gasteiger partial charge is 0.481 e. The highest BCUT2D eigenvalue weighted by Crippen LogP contribution is 2.22. The minimum atomic E-state index is -0.814. The molecule has 1 heterocycles. The van der Waals surface area contributed by atoms with Crippen molar-refractivity contribution in [2.45, 2.75) is 38.8 Å². The van der Waals surface area contributed by atoms with Crippen molar-refractivity contribution in [3.8, 4) is 0 Å². The molecule has 0 aromatic heterocycles. The Morgan fingerprint density at radius 2 is 1.52 bits per heavy atom. The normalized spacial score (nSPS) is 15.2. The molecule has 1 fully saturated rings. The maximum absolute atomic E-state index is 13.2. The van der Waals surface area contributed by atoms with Crippen molar-refractivity contribution < 1.29 is 14.7 Å². The summed E-state index contributed by atoms with van der Waals surface area (Å²) in [5.41, 5.74) is 2.38. The maximum Gasteiger partial charge on any atom is 0.303 e. The van der Waals surface area contributed by atoms with Gasteiger partial charge in [0.15, 0.2) is 0 Å². The highest BCUT2D eigenvalue weighted by molar-refractivity contribution is 5.79. The van der Waals surface area contributed by atoms with Crippen LogP contribution in [0.2, 0.25) is 0 Å². The standard InChI is InChI=1S/C24H30N2O3/c27-23(28)12-7-15-26(19-21-10-5-2-6-11-21)24(29)22-13-16-25(17-14-22)18-20-8-3-1-4-9-20/h1-6,8-11,22H,7,12-19H2,(H,27,28). The molecule has 3 rings (SSSR count). The van der Waals surface area contributed by atoms with Gasteiger partial charge in [0, 0.05) is 32.0 Å². The summed E-state index contributed by atoms with van der Waals surface area (Å²) >= 11 is 0. The lowest BCUT2D eigenvalue weighted by molar-refractivity contribution is -0.140. The van der Waals surface area contributed by atoms with E-state index in [1.807, 2.05) is 41.3 Å². The Kier molecular flexibility index (Phi) is 7.82. The minimum absolute atomic E-state index is 0.0237. The van der Waals surface area contributed by atoms with Crippen molar-refractivity contribution in [1.29, 1.82) is 0 Å². The quantitative estimate of drug-likeness (QED) is 0.703. The second-order valence-corrected chi connectivity index (χ2v) is 7.78. The molecule has 154 valence electrons. The molecule has 0 atom stereocenters. The molecule has 5 heteroatoms. The summed E-state index contributed by atoms with van der Waals surface area (Å²) in [6.07, 6.45) is 2.29. The van der Waals surface area contributed by atoms with Crippen LogP contribution in [0.1, 0.15) is 36.8 Å². The molecule has 1 aliphatic rings. The number of piperidine rings is 1. The molecule has 2 aromatic carbocycles. The molecule has 0 spiro atoms. The topological polar surface area (TPSA) is 60.9 Å². The van der Waals surface area contributed by atoms with Crippen molar-refractivity contribution in [2.75, 3.05) is 19.6 Å². The summed E-state index contributed by atoms with van der Waals surface area (Å²) in [5, 5.41) is 8.94. The number of likely N-dealkylation sites (tertiary alicyclic amines) is 1. The number of nitrogens with zero attached hydrogens (tertiary/aromatic N) is 2. The first-order valence-corrected chi connectivity index (χ1v) is 10.4. The molecular weight excluding hydrogens is 364 g/mol. The highest BCUT2D eigenvalue weighted by atomic mass is 16.4. The van der Waals surface area contributed by atoms with Crippen molar-refractivity contribution in [3.63, 3.8) is 0 Å². The van der Waals surface area contributed by atoms with Gasteiger partial charge in [-0.15, -0.1) is 0 Å². The van der Waals surface area contributed by atoms with Crippen LogP contribution in [0.15, 0.2) is 60.7 Å². The number of aliphatic carboxylic acids is 1. The number of carbonyl (C=O) groups excluding carboxylic acids is 1. The third kappa shape index (κ3) is 6.71. The maximum atomic E-state index is 13.2. The average molecular weight is 395 g/mol. The molecule has 0 aliphatic carbocycles. The van der Waals surface area contributed by atoms with Crippen LogP contribution in [0.25, 0.3) is 0 Å². The van der Waals surface area contributed by atoms with Gasteiger partial charge in [-0.25, -0.2) is 0 Å². The summed E-state index contributed by atoms with van der Waals surface area (Å²) in [6.45, 7) is 3.79. The van der Waals surface area contributed by atoms with Gasteiger partial charge in [-0.2, -0.15) is 0 Å². The van der Waals surface area contributed by atoms with Gasteiger partial charge in [-0.1, -0.05) is 60.7 Å². The first-order valence-electron chi connectivity index (χ1n) is 10.4. The summed E-state index contributed by atoms with van der Waals surface area (Å²) in [7, 11) is 0. The van der Waals surface area contributed by atoms with Gasteiger partial charge in [0.1, 0.15) is 0 Å². The lowest BCUT2D eigenvalue weighted by Crippen LogP contribution is -2.42. The van der Waals surface area contributed by atoms with E-state index in [-0.39, 0.29) is 18.2 Å². The fourth-order valence-electron chi connectivity index (χ4n) is 3.93. The number of hydrogen-bond acceptors (Lipinski definition) is 3. The van der Waals surface area contributed by atoms with E-state index in [2.05, 4.69) is 29.2 Å². The lowest BCUT2D eigenvalue weighted by atomic mass is 9.94. The Hall–Kier alpha value is -2.66. The Labute approximate surface area is 172 Å². The predicted molar refractivity (Wildman–Crippen MR) is 113 cm³/mol. The van der Waals surface area contributed by atoms with E-state index in [4.69, 9.17) is 5.11 Å². The molecule has 1 amide bonds. The first-order chi connectivity index (χ1) is 14.1. The first kappa shape index (κ1) is 21.1. The van der Waals surface area contributed by atoms with Crippen molar-refractivity contribution in [3.05, 3.63) is 71.8 Å². The Morgan fingerprint density at radius 1 is 0.931 bits per heavy atom. The van der Waals surface area contributed by atoms with Gasteiger partial charge in [0.2, 0.25) is 5.91 Å². The number of benzene rings is 2. The van der Waals surface area contributed by atoms with Gasteiger partial charge in [-0.3, -0.25) is 14.5 Å². The minimum Gasteiger partial charge on any atom is -0.481 e. The second-order valence-electron chi connectivity index (χ2n) is 7.78. The summed E-state index contributed by atoms with van der Waals surface area (Å²) in [5.74, 6) is -0.625. The van der Waals surface area contributed by atoms with Crippen LogP contribution in [0.3, 0.4) is 0 Å². The smallest absolute Gasteiger partial charge is 0.303 e. The second kappa shape index (κ2) is 10.8. The van der Waals surface area contributed by atoms with Crippen LogP contribution < -0.4 is 0 Å². The molecule has 0 saturated carbocycles. The summed E-state index contributed by atoms with van der Waals surface area (Å²) in [4.78, 5) is 28.4. The average Bonchev–Trinajstić information content (AvgIpc) is 2.74. The number of carboxylic acid groups (broad SMARTS) is 1. The van der Waals surface area contributed by atoms with Gasteiger partial charge in [-0.05, 0) is 43.5 Å². The summed E-state index contributed by atoms with van der Waals surface area (Å²) < 4.78 is 0. The zero-order valence-corrected chi connectivity index (χ0v) is 16.9. The van der Waals surface area contributed by atoms with Crippen LogP contribution >= 0.6 is 0 Å². The van der Waals surface area contributed by atoms with E-state index >= 15 is 0 Å². The van der Waals surface area contributed by atoms with Crippen molar-refractivity contribution >= 4 is 11.9 Å². The zero-order valence-electron chi connectivity index (χ0n) is 16.9. The number of amides is 1. The molecule has 1 N–H and O–H groups in total. The van der Waals surface area contributed by atoms with E-state index in [1.165, 1.54) is 5.56 Å². The summed E-state index contributed by atoms with van der Waals surface area (Å²) in [6, 6.07) is 20.4. The predicted octanol–water partition coefficient (Wildman–Crippen LogP) is 3.79. The van der Waals surface area contributed by atoms with Gasteiger partial charge < -0.3 is 10.0 Å². The zero-order chi connectivity index (χ0) is 20.5. The van der Waals surface area contributed by atoms with Crippen LogP contribution in [0, 0.1) is 5.92 Å². The molecule has 1 saturated heterocycles. The van der Waals surface area contributed by atoms with Crippen molar-refractivity contribution in [1.82, 2.24) is 9.80 Å². The molecule has 0 bridgehead atoms. The van der Waals surface area contributed by atoms with E-state index in [0.29, 0.717) is 19.5 Å². The van der Waals surface area contributed by atoms with Crippen molar-refractivity contribution in [2.24, 2.45) is 5.92 Å². The van der Waals surface area contributed by atoms with E-state index in [9.17, 15) is 9.59 Å². The molecule has 2 aromatic rings. The Morgan fingerprint density at radius 3 is 2.10 bits per heavy atom. The van der Waals surface area contributed by atoms with Gasteiger partial charge in [0.25, 0.3) is 0 Å². The SMILES string of the molecule is O=C(O)CCCN(Cc1ccccc1)C(=O)C1CCN(Cc2ccccc2)CC1. The van der Waals surface area contributed by atoms with E-state index in [0.717, 1.165) is 38.0 Å². The fraction of sp³-hybridized carbons (Fsp3) is 0.417. The number of rotatable bonds is 9. The Bertz CT molecular complexity index is 771. The van der Waals surface area contributed by atoms with E-state index in [1.54, 1.807) is 0 Å². The molecule has 29 heavy (non-hydrogen) atoms. The lowest BCUT2D eigenvalue weighted by Gasteiger charge is -2.34.